The van der Waals surface area contributed by atoms with Crippen molar-refractivity contribution in [2.75, 3.05) is 6.54 Å². The Labute approximate surface area is 186 Å². The fourth-order valence-electron chi connectivity index (χ4n) is 3.91. The Morgan fingerprint density at radius 2 is 1.59 bits per heavy atom. The van der Waals surface area contributed by atoms with E-state index in [1.807, 2.05) is 30.3 Å². The van der Waals surface area contributed by atoms with E-state index in [2.05, 4.69) is 16.0 Å². The van der Waals surface area contributed by atoms with Crippen LogP contribution in [0.4, 0.5) is 0 Å². The van der Waals surface area contributed by atoms with Crippen LogP contribution in [-0.2, 0) is 20.8 Å². The first-order chi connectivity index (χ1) is 15.4. The van der Waals surface area contributed by atoms with Crippen LogP contribution in [0.15, 0.2) is 60.7 Å². The Morgan fingerprint density at radius 3 is 2.25 bits per heavy atom. The number of carbonyl (C=O) groups is 4. The lowest BCUT2D eigenvalue weighted by Gasteiger charge is -2.20. The molecule has 0 bridgehead atoms. The molecule has 32 heavy (non-hydrogen) atoms. The van der Waals surface area contributed by atoms with Gasteiger partial charge in [0.05, 0.1) is 12.5 Å². The number of nitrogens with two attached hydrogens (primary N) is 1. The van der Waals surface area contributed by atoms with E-state index in [0.717, 1.165) is 12.0 Å². The zero-order valence-electron chi connectivity index (χ0n) is 17.8. The van der Waals surface area contributed by atoms with Gasteiger partial charge < -0.3 is 21.7 Å². The zero-order valence-corrected chi connectivity index (χ0v) is 17.8. The smallest absolute Gasteiger partial charge is 0.251 e. The molecule has 8 nitrogen and oxygen atoms in total. The van der Waals surface area contributed by atoms with Crippen molar-refractivity contribution in [1.29, 1.82) is 0 Å². The summed E-state index contributed by atoms with van der Waals surface area (Å²) in [6.45, 7) is -0.257. The van der Waals surface area contributed by atoms with Gasteiger partial charge in [-0.15, -0.1) is 0 Å². The first kappa shape index (κ1) is 23.0. The highest BCUT2D eigenvalue weighted by Gasteiger charge is 2.32. The maximum absolute atomic E-state index is 12.8. The van der Waals surface area contributed by atoms with Gasteiger partial charge in [-0.2, -0.15) is 0 Å². The molecule has 1 saturated carbocycles. The summed E-state index contributed by atoms with van der Waals surface area (Å²) in [5.41, 5.74) is 6.71. The van der Waals surface area contributed by atoms with Gasteiger partial charge >= 0.3 is 0 Å². The van der Waals surface area contributed by atoms with Crippen molar-refractivity contribution in [3.63, 3.8) is 0 Å². The summed E-state index contributed by atoms with van der Waals surface area (Å²) < 4.78 is 0. The van der Waals surface area contributed by atoms with Crippen LogP contribution in [0.2, 0.25) is 0 Å². The topological polar surface area (TPSA) is 130 Å². The van der Waals surface area contributed by atoms with Crippen molar-refractivity contribution in [1.82, 2.24) is 16.0 Å². The molecule has 1 fully saturated rings. The highest BCUT2D eigenvalue weighted by Crippen LogP contribution is 2.25. The van der Waals surface area contributed by atoms with Crippen LogP contribution in [0.5, 0.6) is 0 Å². The zero-order chi connectivity index (χ0) is 22.9. The maximum atomic E-state index is 12.8. The minimum Gasteiger partial charge on any atom is -0.369 e. The first-order valence-electron chi connectivity index (χ1n) is 10.7. The van der Waals surface area contributed by atoms with Crippen LogP contribution in [0.3, 0.4) is 0 Å². The van der Waals surface area contributed by atoms with Gasteiger partial charge in [0.25, 0.3) is 5.91 Å². The third-order valence-electron chi connectivity index (χ3n) is 5.59. The number of primary amides is 1. The minimum absolute atomic E-state index is 0.257. The van der Waals surface area contributed by atoms with Gasteiger partial charge in [0.15, 0.2) is 0 Å². The molecule has 0 aliphatic heterocycles. The molecule has 0 aromatic heterocycles. The molecule has 1 aliphatic carbocycles. The summed E-state index contributed by atoms with van der Waals surface area (Å²) in [7, 11) is 0. The van der Waals surface area contributed by atoms with Crippen LogP contribution in [-0.4, -0.2) is 42.3 Å². The van der Waals surface area contributed by atoms with Crippen molar-refractivity contribution in [2.45, 2.75) is 37.8 Å². The summed E-state index contributed by atoms with van der Waals surface area (Å²) in [6, 6.07) is 16.8. The Balaban J connectivity index is 1.60. The molecule has 2 aromatic carbocycles. The predicted octanol–water partition coefficient (Wildman–Crippen LogP) is 0.914. The third-order valence-corrected chi connectivity index (χ3v) is 5.59. The number of hydrogen-bond donors (Lipinski definition) is 4. The normalized spacial score (nSPS) is 18.4. The van der Waals surface area contributed by atoms with Crippen molar-refractivity contribution >= 4 is 23.6 Å². The molecular formula is C24H28N4O4. The molecule has 5 N–H and O–H groups in total. The second-order valence-electron chi connectivity index (χ2n) is 7.91. The quantitative estimate of drug-likeness (QED) is 0.465. The highest BCUT2D eigenvalue weighted by molar-refractivity contribution is 5.98. The molecule has 0 saturated heterocycles. The SMILES string of the molecule is NC(=O)[C@@H]1CCC[C@H]1NC(=O)CNC(=O)[C@H](Cc1ccccc1)NC(=O)c1ccccc1. The Hall–Kier alpha value is -3.68. The first-order valence-corrected chi connectivity index (χ1v) is 10.7. The van der Waals surface area contributed by atoms with E-state index in [-0.39, 0.29) is 30.8 Å². The molecule has 8 heteroatoms. The fraction of sp³-hybridized carbons (Fsp3) is 0.333. The Bertz CT molecular complexity index is 949. The number of carbonyl (C=O) groups excluding carboxylic acids is 4. The Kier molecular flexibility index (Phi) is 7.96. The maximum Gasteiger partial charge on any atom is 0.251 e. The monoisotopic (exact) mass is 436 g/mol. The largest absolute Gasteiger partial charge is 0.369 e. The molecule has 0 unspecified atom stereocenters. The number of amides is 4. The van der Waals surface area contributed by atoms with Crippen molar-refractivity contribution in [3.05, 3.63) is 71.8 Å². The average molecular weight is 437 g/mol. The van der Waals surface area contributed by atoms with Gasteiger partial charge in [-0.05, 0) is 30.5 Å². The van der Waals surface area contributed by atoms with E-state index >= 15 is 0 Å². The summed E-state index contributed by atoms with van der Waals surface area (Å²) >= 11 is 0. The van der Waals surface area contributed by atoms with E-state index in [0.29, 0.717) is 18.4 Å². The van der Waals surface area contributed by atoms with E-state index in [1.165, 1.54) is 0 Å². The van der Waals surface area contributed by atoms with Gasteiger partial charge in [0.2, 0.25) is 17.7 Å². The molecule has 1 aliphatic rings. The fourth-order valence-corrected chi connectivity index (χ4v) is 3.91. The molecular weight excluding hydrogens is 408 g/mol. The van der Waals surface area contributed by atoms with Crippen LogP contribution >= 0.6 is 0 Å². The standard InChI is InChI=1S/C24H28N4O4/c25-22(30)18-12-7-13-19(18)27-21(29)15-26-24(32)20(14-16-8-3-1-4-9-16)28-23(31)17-10-5-2-6-11-17/h1-6,8-11,18-20H,7,12-15H2,(H2,25,30)(H,26,32)(H,27,29)(H,28,31)/t18-,19-,20+/m1/s1. The lowest BCUT2D eigenvalue weighted by Crippen LogP contribution is -2.51. The summed E-state index contributed by atoms with van der Waals surface area (Å²) in [5, 5.41) is 8.13. The number of rotatable bonds is 9. The van der Waals surface area contributed by atoms with Crippen LogP contribution in [0.25, 0.3) is 0 Å². The van der Waals surface area contributed by atoms with Crippen LogP contribution < -0.4 is 21.7 Å². The van der Waals surface area contributed by atoms with E-state index in [4.69, 9.17) is 5.73 Å². The van der Waals surface area contributed by atoms with Crippen LogP contribution in [0, 0.1) is 5.92 Å². The average Bonchev–Trinajstić information content (AvgIpc) is 3.26. The molecule has 3 rings (SSSR count). The molecule has 0 spiro atoms. The van der Waals surface area contributed by atoms with Gasteiger partial charge in [0, 0.05) is 18.0 Å². The molecule has 0 heterocycles. The van der Waals surface area contributed by atoms with E-state index in [1.54, 1.807) is 30.3 Å². The van der Waals surface area contributed by atoms with Gasteiger partial charge in [-0.1, -0.05) is 55.0 Å². The summed E-state index contributed by atoms with van der Waals surface area (Å²) in [5.74, 6) is -2.05. The van der Waals surface area contributed by atoms with Gasteiger partial charge in [-0.3, -0.25) is 19.2 Å². The lowest BCUT2D eigenvalue weighted by atomic mass is 10.0. The van der Waals surface area contributed by atoms with Crippen molar-refractivity contribution in [2.24, 2.45) is 11.7 Å². The second-order valence-corrected chi connectivity index (χ2v) is 7.91. The van der Waals surface area contributed by atoms with Crippen molar-refractivity contribution in [3.8, 4) is 0 Å². The minimum atomic E-state index is -0.859. The molecule has 2 aromatic rings. The number of nitrogens with one attached hydrogen (secondary N) is 3. The number of benzene rings is 2. The Morgan fingerprint density at radius 1 is 0.938 bits per heavy atom. The summed E-state index contributed by atoms with van der Waals surface area (Å²) in [6.07, 6.45) is 2.42. The van der Waals surface area contributed by atoms with Gasteiger partial charge in [-0.25, -0.2) is 0 Å². The molecule has 0 radical (unpaired) electrons. The summed E-state index contributed by atoms with van der Waals surface area (Å²) in [4.78, 5) is 49.3. The lowest BCUT2D eigenvalue weighted by molar-refractivity contribution is -0.128. The van der Waals surface area contributed by atoms with Crippen LogP contribution in [0.1, 0.15) is 35.2 Å². The second kappa shape index (κ2) is 11.1. The van der Waals surface area contributed by atoms with E-state index in [9.17, 15) is 19.2 Å². The third kappa shape index (κ3) is 6.41. The highest BCUT2D eigenvalue weighted by atomic mass is 16.2. The molecule has 3 atom stereocenters. The molecule has 4 amide bonds. The van der Waals surface area contributed by atoms with E-state index < -0.39 is 23.8 Å². The van der Waals surface area contributed by atoms with Gasteiger partial charge in [0.1, 0.15) is 6.04 Å². The van der Waals surface area contributed by atoms with Crippen molar-refractivity contribution < 1.29 is 19.2 Å². The predicted molar refractivity (Wildman–Crippen MR) is 119 cm³/mol. The molecule has 168 valence electrons. The number of hydrogen-bond acceptors (Lipinski definition) is 4.